The average molecular weight is 304 g/mol. The van der Waals surface area contributed by atoms with Crippen molar-refractivity contribution >= 4 is 11.9 Å². The predicted octanol–water partition coefficient (Wildman–Crippen LogP) is 3.99. The second kappa shape index (κ2) is 7.97. The van der Waals surface area contributed by atoms with Gasteiger partial charge in [-0.15, -0.1) is 0 Å². The van der Waals surface area contributed by atoms with Gasteiger partial charge in [-0.05, 0) is 44.2 Å². The molecule has 1 fully saturated rings. The van der Waals surface area contributed by atoms with Crippen LogP contribution >= 0.6 is 0 Å². The first-order valence-corrected chi connectivity index (χ1v) is 8.10. The van der Waals surface area contributed by atoms with Gasteiger partial charge >= 0.3 is 11.9 Å². The second-order valence-electron chi connectivity index (χ2n) is 5.84. The Morgan fingerprint density at radius 1 is 1.14 bits per heavy atom. The van der Waals surface area contributed by atoms with E-state index in [9.17, 15) is 9.59 Å². The highest BCUT2D eigenvalue weighted by atomic mass is 16.5. The Morgan fingerprint density at radius 2 is 1.73 bits per heavy atom. The summed E-state index contributed by atoms with van der Waals surface area (Å²) in [6.07, 6.45) is 5.24. The highest BCUT2D eigenvalue weighted by Crippen LogP contribution is 2.29. The molecule has 0 N–H and O–H groups in total. The van der Waals surface area contributed by atoms with Crippen molar-refractivity contribution in [1.82, 2.24) is 0 Å². The van der Waals surface area contributed by atoms with Crippen LogP contribution in [0.5, 0.6) is 0 Å². The molecule has 2 rings (SSSR count). The molecule has 1 unspecified atom stereocenters. The molecule has 0 radical (unpaired) electrons. The first kappa shape index (κ1) is 16.5. The quantitative estimate of drug-likeness (QED) is 0.746. The van der Waals surface area contributed by atoms with Gasteiger partial charge in [0.25, 0.3) is 0 Å². The van der Waals surface area contributed by atoms with Crippen molar-refractivity contribution in [1.29, 1.82) is 0 Å². The van der Waals surface area contributed by atoms with E-state index in [1.807, 2.05) is 13.8 Å². The first-order valence-electron chi connectivity index (χ1n) is 8.10. The van der Waals surface area contributed by atoms with Crippen LogP contribution < -0.4 is 0 Å². The van der Waals surface area contributed by atoms with Crippen molar-refractivity contribution in [3.05, 3.63) is 35.4 Å². The zero-order valence-corrected chi connectivity index (χ0v) is 13.3. The number of carbonyl (C=O) groups is 2. The van der Waals surface area contributed by atoms with E-state index in [0.717, 1.165) is 19.3 Å². The number of esters is 2. The molecular formula is C18H24O4. The molecule has 4 nitrogen and oxygen atoms in total. The molecular weight excluding hydrogens is 280 g/mol. The lowest BCUT2D eigenvalue weighted by molar-refractivity contribution is 0.0197. The lowest BCUT2D eigenvalue weighted by Crippen LogP contribution is -2.23. The van der Waals surface area contributed by atoms with Crippen LogP contribution in [0.25, 0.3) is 0 Å². The molecule has 1 saturated carbocycles. The number of rotatable bonds is 6. The van der Waals surface area contributed by atoms with E-state index in [1.54, 1.807) is 24.3 Å². The van der Waals surface area contributed by atoms with Crippen LogP contribution in [-0.4, -0.2) is 24.6 Å². The molecule has 1 aromatic carbocycles. The molecule has 0 spiro atoms. The Kier molecular flexibility index (Phi) is 5.99. The van der Waals surface area contributed by atoms with Crippen molar-refractivity contribution in [3.63, 3.8) is 0 Å². The summed E-state index contributed by atoms with van der Waals surface area (Å²) in [5.41, 5.74) is 0.563. The normalized spacial score (nSPS) is 16.3. The molecule has 0 aromatic heterocycles. The molecule has 1 aliphatic carbocycles. The van der Waals surface area contributed by atoms with Crippen molar-refractivity contribution in [2.45, 2.75) is 52.1 Å². The zero-order valence-electron chi connectivity index (χ0n) is 13.3. The van der Waals surface area contributed by atoms with Gasteiger partial charge in [0, 0.05) is 0 Å². The average Bonchev–Trinajstić information content (AvgIpc) is 3.07. The maximum Gasteiger partial charge on any atom is 0.339 e. The lowest BCUT2D eigenvalue weighted by Gasteiger charge is -2.20. The zero-order chi connectivity index (χ0) is 15.9. The monoisotopic (exact) mass is 304 g/mol. The summed E-state index contributed by atoms with van der Waals surface area (Å²) < 4.78 is 10.7. The molecule has 120 valence electrons. The van der Waals surface area contributed by atoms with E-state index in [4.69, 9.17) is 9.47 Å². The van der Waals surface area contributed by atoms with E-state index in [0.29, 0.717) is 12.5 Å². The maximum absolute atomic E-state index is 12.4. The van der Waals surface area contributed by atoms with Crippen molar-refractivity contribution < 1.29 is 19.1 Å². The molecule has 0 heterocycles. The number of hydrogen-bond acceptors (Lipinski definition) is 4. The van der Waals surface area contributed by atoms with Crippen LogP contribution in [0.2, 0.25) is 0 Å². The molecule has 1 aromatic rings. The van der Waals surface area contributed by atoms with Gasteiger partial charge in [0.05, 0.1) is 17.7 Å². The van der Waals surface area contributed by atoms with Crippen molar-refractivity contribution in [2.75, 3.05) is 6.61 Å². The number of carbonyl (C=O) groups excluding carboxylic acids is 2. The maximum atomic E-state index is 12.4. The Morgan fingerprint density at radius 3 is 2.32 bits per heavy atom. The third-order valence-corrected chi connectivity index (χ3v) is 4.16. The van der Waals surface area contributed by atoms with Crippen LogP contribution in [0.4, 0.5) is 0 Å². The van der Waals surface area contributed by atoms with Gasteiger partial charge in [0.1, 0.15) is 6.10 Å². The van der Waals surface area contributed by atoms with Gasteiger partial charge in [0.15, 0.2) is 0 Å². The van der Waals surface area contributed by atoms with Crippen LogP contribution in [0.3, 0.4) is 0 Å². The summed E-state index contributed by atoms with van der Waals surface area (Å²) in [5.74, 6) is -0.477. The van der Waals surface area contributed by atoms with Gasteiger partial charge in [-0.25, -0.2) is 9.59 Å². The SMILES string of the molecule is CCCOC(=O)c1ccccc1C(=O)OC(C)C1CCCC1. The van der Waals surface area contributed by atoms with E-state index < -0.39 is 11.9 Å². The van der Waals surface area contributed by atoms with E-state index >= 15 is 0 Å². The second-order valence-corrected chi connectivity index (χ2v) is 5.84. The summed E-state index contributed by atoms with van der Waals surface area (Å²) in [7, 11) is 0. The molecule has 22 heavy (non-hydrogen) atoms. The molecule has 0 aliphatic heterocycles. The standard InChI is InChI=1S/C18H24O4/c1-3-12-21-17(19)15-10-6-7-11-16(15)18(20)22-13(2)14-8-4-5-9-14/h6-7,10-11,13-14H,3-5,8-9,12H2,1-2H3. The van der Waals surface area contributed by atoms with Crippen molar-refractivity contribution in [2.24, 2.45) is 5.92 Å². The fraction of sp³-hybridized carbons (Fsp3) is 0.556. The lowest BCUT2D eigenvalue weighted by atomic mass is 10.0. The Labute approximate surface area is 131 Å². The Bertz CT molecular complexity index is 518. The summed E-state index contributed by atoms with van der Waals surface area (Å²) in [5, 5.41) is 0. The van der Waals surface area contributed by atoms with Crippen LogP contribution in [0, 0.1) is 5.92 Å². The summed E-state index contributed by atoms with van der Waals surface area (Å²) in [6, 6.07) is 6.67. The highest BCUT2D eigenvalue weighted by Gasteiger charge is 2.26. The fourth-order valence-corrected chi connectivity index (χ4v) is 2.87. The molecule has 1 aliphatic rings. The minimum Gasteiger partial charge on any atom is -0.462 e. The van der Waals surface area contributed by atoms with Gasteiger partial charge in [-0.1, -0.05) is 31.9 Å². The Hall–Kier alpha value is -1.84. The summed E-state index contributed by atoms with van der Waals surface area (Å²) >= 11 is 0. The van der Waals surface area contributed by atoms with E-state index in [1.165, 1.54) is 12.8 Å². The molecule has 0 bridgehead atoms. The summed E-state index contributed by atoms with van der Waals surface area (Å²) in [6.45, 7) is 4.21. The largest absolute Gasteiger partial charge is 0.462 e. The predicted molar refractivity (Wildman–Crippen MR) is 83.9 cm³/mol. The van der Waals surface area contributed by atoms with E-state index in [2.05, 4.69) is 0 Å². The van der Waals surface area contributed by atoms with Crippen LogP contribution in [-0.2, 0) is 9.47 Å². The fourth-order valence-electron chi connectivity index (χ4n) is 2.87. The van der Waals surface area contributed by atoms with Crippen LogP contribution in [0.15, 0.2) is 24.3 Å². The first-order chi connectivity index (χ1) is 10.6. The Balaban J connectivity index is 2.07. The smallest absolute Gasteiger partial charge is 0.339 e. The van der Waals surface area contributed by atoms with Gasteiger partial charge < -0.3 is 9.47 Å². The third kappa shape index (κ3) is 4.09. The van der Waals surface area contributed by atoms with E-state index in [-0.39, 0.29) is 17.2 Å². The number of ether oxygens (including phenoxy) is 2. The molecule has 4 heteroatoms. The topological polar surface area (TPSA) is 52.6 Å². The molecule has 1 atom stereocenters. The number of hydrogen-bond donors (Lipinski definition) is 0. The van der Waals surface area contributed by atoms with Crippen LogP contribution in [0.1, 0.15) is 66.7 Å². The van der Waals surface area contributed by atoms with Gasteiger partial charge in [0.2, 0.25) is 0 Å². The summed E-state index contributed by atoms with van der Waals surface area (Å²) in [4.78, 5) is 24.4. The minimum atomic E-state index is -0.470. The molecule has 0 saturated heterocycles. The molecule has 0 amide bonds. The van der Waals surface area contributed by atoms with Crippen molar-refractivity contribution in [3.8, 4) is 0 Å². The highest BCUT2D eigenvalue weighted by molar-refractivity contribution is 6.03. The van der Waals surface area contributed by atoms with Gasteiger partial charge in [-0.2, -0.15) is 0 Å². The minimum absolute atomic E-state index is 0.116. The van der Waals surface area contributed by atoms with Gasteiger partial charge in [-0.3, -0.25) is 0 Å². The number of benzene rings is 1. The third-order valence-electron chi connectivity index (χ3n) is 4.16.